The molecule has 0 saturated heterocycles. The van der Waals surface area contributed by atoms with Crippen molar-refractivity contribution < 1.29 is 9.18 Å². The molecule has 3 aromatic rings. The van der Waals surface area contributed by atoms with Crippen molar-refractivity contribution in [2.45, 2.75) is 45.4 Å². The summed E-state index contributed by atoms with van der Waals surface area (Å²) >= 11 is 0. The summed E-state index contributed by atoms with van der Waals surface area (Å²) in [4.78, 5) is 18.5. The Bertz CT molecular complexity index is 884. The smallest absolute Gasteiger partial charge is 0.168 e. The van der Waals surface area contributed by atoms with Crippen LogP contribution in [-0.2, 0) is 0 Å². The Morgan fingerprint density at radius 1 is 0.967 bits per heavy atom. The van der Waals surface area contributed by atoms with Crippen molar-refractivity contribution in [1.29, 1.82) is 0 Å². The highest BCUT2D eigenvalue weighted by Crippen LogP contribution is 2.22. The Morgan fingerprint density at radius 3 is 2.20 bits per heavy atom. The molecule has 4 rings (SSSR count). The van der Waals surface area contributed by atoms with Crippen LogP contribution in [0.1, 0.15) is 54.6 Å². The minimum absolute atomic E-state index is 0.304. The average molecular weight is 408 g/mol. The van der Waals surface area contributed by atoms with Gasteiger partial charge in [-0.2, -0.15) is 0 Å². The van der Waals surface area contributed by atoms with E-state index in [1.165, 1.54) is 44.6 Å². The van der Waals surface area contributed by atoms with E-state index in [1.807, 2.05) is 26.1 Å². The molecule has 0 bridgehead atoms. The number of halogens is 1. The number of pyridine rings is 2. The first-order chi connectivity index (χ1) is 14.6. The van der Waals surface area contributed by atoms with Crippen molar-refractivity contribution in [2.75, 3.05) is 12.4 Å². The van der Waals surface area contributed by atoms with Crippen LogP contribution in [-0.4, -0.2) is 23.3 Å². The number of carbonyl (C=O) groups is 1. The Hall–Kier alpha value is -3.08. The van der Waals surface area contributed by atoms with Crippen molar-refractivity contribution in [3.63, 3.8) is 0 Å². The number of aromatic nitrogens is 2. The molecule has 1 saturated carbocycles. The molecule has 0 radical (unpaired) electrons. The third kappa shape index (κ3) is 8.11. The largest absolute Gasteiger partial charge is 0.387 e. The van der Waals surface area contributed by atoms with Gasteiger partial charge in [0.25, 0.3) is 0 Å². The third-order valence-corrected chi connectivity index (χ3v) is 4.74. The molecule has 0 amide bonds. The lowest BCUT2D eigenvalue weighted by molar-refractivity contribution is 0.111. The maximum Gasteiger partial charge on any atom is 0.168 e. The molecule has 0 aliphatic heterocycles. The zero-order valence-electron chi connectivity index (χ0n) is 17.8. The standard InChI is InChI=1S/C13H10FNO.C6H8N2.C6H12/c1-9-5-6-12(14)11(7-9)13-4-2-3-10(8-16)15-13;1-7-6-3-2-4-8-5-6;1-2-4-6-5-3-1/h2-8H,1H3;2-5,7H,1H3;1-6H2. The van der Waals surface area contributed by atoms with Gasteiger partial charge in [0.15, 0.2) is 6.29 Å². The van der Waals surface area contributed by atoms with E-state index in [1.54, 1.807) is 42.7 Å². The van der Waals surface area contributed by atoms with Crippen LogP contribution in [0, 0.1) is 12.7 Å². The number of aryl methyl sites for hydroxylation is 1. The lowest BCUT2D eigenvalue weighted by atomic mass is 10.0. The number of nitrogens with zero attached hydrogens (tertiary/aromatic N) is 2. The van der Waals surface area contributed by atoms with Gasteiger partial charge in [0.05, 0.1) is 11.4 Å². The van der Waals surface area contributed by atoms with E-state index in [4.69, 9.17) is 0 Å². The highest BCUT2D eigenvalue weighted by molar-refractivity contribution is 5.74. The first-order valence-electron chi connectivity index (χ1n) is 10.4. The molecule has 1 fully saturated rings. The lowest BCUT2D eigenvalue weighted by Crippen LogP contribution is -1.92. The Kier molecular flexibility index (Phi) is 10.2. The van der Waals surface area contributed by atoms with Crippen LogP contribution in [0.3, 0.4) is 0 Å². The SMILES string of the molecule is C1CCCCC1.CNc1cccnc1.Cc1ccc(F)c(-c2cccc(C=O)n2)c1. The van der Waals surface area contributed by atoms with Crippen LogP contribution in [0.25, 0.3) is 11.3 Å². The molecule has 1 aliphatic rings. The molecule has 0 unspecified atom stereocenters. The highest BCUT2D eigenvalue weighted by Gasteiger charge is 2.07. The van der Waals surface area contributed by atoms with Gasteiger partial charge in [-0.05, 0) is 43.3 Å². The summed E-state index contributed by atoms with van der Waals surface area (Å²) in [5.74, 6) is -0.332. The summed E-state index contributed by atoms with van der Waals surface area (Å²) in [7, 11) is 1.87. The van der Waals surface area contributed by atoms with Crippen LogP contribution in [0.15, 0.2) is 60.9 Å². The maximum atomic E-state index is 13.6. The molecule has 2 heterocycles. The van der Waals surface area contributed by atoms with Gasteiger partial charge in [0, 0.05) is 25.0 Å². The Morgan fingerprint density at radius 2 is 1.67 bits per heavy atom. The Balaban J connectivity index is 0.000000189. The van der Waals surface area contributed by atoms with Crippen molar-refractivity contribution >= 4 is 12.0 Å². The third-order valence-electron chi connectivity index (χ3n) is 4.74. The van der Waals surface area contributed by atoms with Crippen molar-refractivity contribution in [1.82, 2.24) is 9.97 Å². The summed E-state index contributed by atoms with van der Waals surface area (Å²) in [5, 5.41) is 2.96. The second kappa shape index (κ2) is 13.2. The topological polar surface area (TPSA) is 54.9 Å². The quantitative estimate of drug-likeness (QED) is 0.505. The van der Waals surface area contributed by atoms with Gasteiger partial charge in [-0.25, -0.2) is 9.37 Å². The van der Waals surface area contributed by atoms with Gasteiger partial charge in [-0.15, -0.1) is 0 Å². The maximum absolute atomic E-state index is 13.6. The second-order valence-corrected chi connectivity index (χ2v) is 7.16. The lowest BCUT2D eigenvalue weighted by Gasteiger charge is -2.05. The van der Waals surface area contributed by atoms with Gasteiger partial charge in [-0.1, -0.05) is 56.2 Å². The molecule has 1 aliphatic carbocycles. The number of benzene rings is 1. The average Bonchev–Trinajstić information content (AvgIpc) is 2.83. The molecule has 4 nitrogen and oxygen atoms in total. The summed E-state index contributed by atoms with van der Waals surface area (Å²) in [6.45, 7) is 1.88. The normalized spacial score (nSPS) is 12.5. The molecular weight excluding hydrogens is 377 g/mol. The van der Waals surface area contributed by atoms with E-state index >= 15 is 0 Å². The fourth-order valence-corrected chi connectivity index (χ4v) is 3.07. The van der Waals surface area contributed by atoms with E-state index in [9.17, 15) is 9.18 Å². The fraction of sp³-hybridized carbons (Fsp3) is 0.320. The molecule has 5 heteroatoms. The van der Waals surface area contributed by atoms with E-state index in [2.05, 4.69) is 15.3 Å². The van der Waals surface area contributed by atoms with E-state index in [0.717, 1.165) is 11.3 Å². The van der Waals surface area contributed by atoms with Gasteiger partial charge in [-0.3, -0.25) is 9.78 Å². The minimum atomic E-state index is -0.332. The number of anilines is 1. The monoisotopic (exact) mass is 407 g/mol. The first kappa shape index (κ1) is 23.2. The molecular formula is C25H30FN3O. The summed E-state index contributed by atoms with van der Waals surface area (Å²) < 4.78 is 13.6. The van der Waals surface area contributed by atoms with E-state index in [0.29, 0.717) is 23.2 Å². The molecule has 30 heavy (non-hydrogen) atoms. The highest BCUT2D eigenvalue weighted by atomic mass is 19.1. The molecule has 1 aromatic carbocycles. The molecule has 1 N–H and O–H groups in total. The van der Waals surface area contributed by atoms with Gasteiger partial charge < -0.3 is 5.32 Å². The van der Waals surface area contributed by atoms with Crippen LogP contribution >= 0.6 is 0 Å². The zero-order chi connectivity index (χ0) is 21.6. The minimum Gasteiger partial charge on any atom is -0.387 e. The van der Waals surface area contributed by atoms with Crippen molar-refractivity contribution in [3.05, 3.63) is 78.0 Å². The number of carbonyl (C=O) groups excluding carboxylic acids is 1. The first-order valence-corrected chi connectivity index (χ1v) is 10.4. The van der Waals surface area contributed by atoms with Crippen molar-refractivity contribution in [2.24, 2.45) is 0 Å². The van der Waals surface area contributed by atoms with Crippen LogP contribution in [0.4, 0.5) is 10.1 Å². The van der Waals surface area contributed by atoms with Crippen LogP contribution in [0.2, 0.25) is 0 Å². The predicted molar refractivity (Wildman–Crippen MR) is 121 cm³/mol. The summed E-state index contributed by atoms with van der Waals surface area (Å²) in [6, 6.07) is 13.6. The van der Waals surface area contributed by atoms with Crippen LogP contribution < -0.4 is 5.32 Å². The molecule has 2 aromatic heterocycles. The van der Waals surface area contributed by atoms with Gasteiger partial charge in [0.1, 0.15) is 11.5 Å². The fourth-order valence-electron chi connectivity index (χ4n) is 3.07. The van der Waals surface area contributed by atoms with Crippen molar-refractivity contribution in [3.8, 4) is 11.3 Å². The predicted octanol–water partition coefficient (Wildman–Crippen LogP) is 6.47. The summed E-state index contributed by atoms with van der Waals surface area (Å²) in [5.41, 5.74) is 3.20. The number of hydrogen-bond donors (Lipinski definition) is 1. The molecule has 158 valence electrons. The molecule has 0 spiro atoms. The van der Waals surface area contributed by atoms with Crippen LogP contribution in [0.5, 0.6) is 0 Å². The number of nitrogens with one attached hydrogen (secondary N) is 1. The van der Waals surface area contributed by atoms with Gasteiger partial charge in [0.2, 0.25) is 0 Å². The zero-order valence-corrected chi connectivity index (χ0v) is 17.8. The number of hydrogen-bond acceptors (Lipinski definition) is 4. The number of rotatable bonds is 3. The Labute approximate surface area is 178 Å². The molecule has 0 atom stereocenters. The van der Waals surface area contributed by atoms with Gasteiger partial charge >= 0.3 is 0 Å². The second-order valence-electron chi connectivity index (χ2n) is 7.16. The van der Waals surface area contributed by atoms with E-state index in [-0.39, 0.29) is 5.82 Å². The summed E-state index contributed by atoms with van der Waals surface area (Å²) in [6.07, 6.45) is 13.2. The van der Waals surface area contributed by atoms with E-state index < -0.39 is 0 Å². The number of aldehydes is 1.